The normalized spacial score (nSPS) is 23.8. The molecule has 2 aliphatic heterocycles. The summed E-state index contributed by atoms with van der Waals surface area (Å²) in [6.45, 7) is 3.51. The first kappa shape index (κ1) is 17.6. The van der Waals surface area contributed by atoms with Crippen LogP contribution < -0.4 is 5.73 Å². The van der Waals surface area contributed by atoms with Gasteiger partial charge in [0.1, 0.15) is 12.0 Å². The molecule has 0 aromatic heterocycles. The minimum Gasteiger partial charge on any atom is -0.481 e. The summed E-state index contributed by atoms with van der Waals surface area (Å²) in [6.07, 6.45) is 2.08. The average molecular weight is 338 g/mol. The Bertz CT molecular complexity index is 630. The van der Waals surface area contributed by atoms with Gasteiger partial charge < -0.3 is 10.8 Å². The van der Waals surface area contributed by atoms with Crippen molar-refractivity contribution >= 4 is 34.1 Å². The second-order valence-corrected chi connectivity index (χ2v) is 6.77. The van der Waals surface area contributed by atoms with Crippen molar-refractivity contribution in [3.8, 4) is 0 Å². The van der Waals surface area contributed by atoms with Gasteiger partial charge in [0.15, 0.2) is 9.84 Å². The molecule has 0 aromatic carbocycles. The molecule has 1 saturated heterocycles. The monoisotopic (exact) mass is 337 g/mol. The van der Waals surface area contributed by atoms with Gasteiger partial charge in [-0.25, -0.2) is 18.4 Å². The fourth-order valence-corrected chi connectivity index (χ4v) is 3.37. The summed E-state index contributed by atoms with van der Waals surface area (Å²) in [5.41, 5.74) is 5.55. The Hall–Kier alpha value is -1.42. The Morgan fingerprint density at radius 2 is 2.14 bits per heavy atom. The van der Waals surface area contributed by atoms with E-state index in [1.807, 2.05) is 0 Å². The molecule has 0 aliphatic carbocycles. The van der Waals surface area contributed by atoms with Gasteiger partial charge in [0.05, 0.1) is 17.1 Å². The Morgan fingerprint density at radius 1 is 1.57 bits per heavy atom. The zero-order chi connectivity index (χ0) is 15.2. The van der Waals surface area contributed by atoms with Crippen molar-refractivity contribution < 1.29 is 23.1 Å². The molecule has 118 valence electrons. The minimum atomic E-state index is -3.63. The Morgan fingerprint density at radius 3 is 2.57 bits per heavy atom. The molecule has 8 nitrogen and oxygen atoms in total. The first-order valence-electron chi connectivity index (χ1n) is 5.81. The van der Waals surface area contributed by atoms with Crippen molar-refractivity contribution in [2.45, 2.75) is 6.04 Å². The molecule has 2 atom stereocenters. The largest absolute Gasteiger partial charge is 0.481 e. The van der Waals surface area contributed by atoms with Crippen molar-refractivity contribution in [2.75, 3.05) is 19.3 Å². The summed E-state index contributed by atoms with van der Waals surface area (Å²) in [4.78, 5) is 23.2. The number of halogens is 1. The number of nitrogens with zero attached hydrogens (tertiary/aromatic N) is 2. The van der Waals surface area contributed by atoms with E-state index in [1.165, 1.54) is 5.01 Å². The van der Waals surface area contributed by atoms with Gasteiger partial charge in [-0.15, -0.1) is 19.0 Å². The molecule has 3 N–H and O–H groups in total. The fraction of sp³-hybridized carbons (Fsp3) is 0.455. The van der Waals surface area contributed by atoms with Gasteiger partial charge in [0.2, 0.25) is 0 Å². The summed E-state index contributed by atoms with van der Waals surface area (Å²) in [7, 11) is -3.63. The molecule has 21 heavy (non-hydrogen) atoms. The van der Waals surface area contributed by atoms with Crippen LogP contribution in [0.2, 0.25) is 0 Å². The second-order valence-electron chi connectivity index (χ2n) is 4.74. The van der Waals surface area contributed by atoms with Crippen molar-refractivity contribution in [3.63, 3.8) is 0 Å². The molecule has 2 aliphatic rings. The maximum atomic E-state index is 12.0. The molecule has 1 fully saturated rings. The van der Waals surface area contributed by atoms with Gasteiger partial charge in [0.25, 0.3) is 5.91 Å². The standard InChI is InChI=1S/C11H15N3O5S.ClH/c1-3-6(11(16)17)9-8(20(2,18)19)5-13-4-7(12)10(15)14(9)13;/h3,6-7H,1,4-5,12H2,2H3,(H,16,17);1H/t6?,7-;/m0./s1. The van der Waals surface area contributed by atoms with Crippen molar-refractivity contribution in [1.82, 2.24) is 10.0 Å². The molecule has 2 heterocycles. The van der Waals surface area contributed by atoms with Gasteiger partial charge in [-0.05, 0) is 0 Å². The molecular formula is C11H16ClN3O5S. The number of sulfone groups is 1. The predicted molar refractivity (Wildman–Crippen MR) is 76.8 cm³/mol. The van der Waals surface area contributed by atoms with Gasteiger partial charge in [-0.1, -0.05) is 6.08 Å². The zero-order valence-electron chi connectivity index (χ0n) is 11.2. The van der Waals surface area contributed by atoms with Crippen molar-refractivity contribution in [1.29, 1.82) is 0 Å². The number of rotatable bonds is 4. The van der Waals surface area contributed by atoms with E-state index < -0.39 is 33.7 Å². The quantitative estimate of drug-likeness (QED) is 0.628. The van der Waals surface area contributed by atoms with Crippen LogP contribution in [0.1, 0.15) is 0 Å². The maximum absolute atomic E-state index is 12.0. The number of carboxylic acid groups (broad SMARTS) is 1. The number of nitrogens with two attached hydrogens (primary N) is 1. The third kappa shape index (κ3) is 2.82. The highest BCUT2D eigenvalue weighted by atomic mass is 35.5. The molecule has 0 aromatic rings. The number of hydrogen-bond acceptors (Lipinski definition) is 6. The van der Waals surface area contributed by atoms with Gasteiger partial charge >= 0.3 is 5.97 Å². The van der Waals surface area contributed by atoms with Gasteiger partial charge in [0, 0.05) is 12.8 Å². The number of fused-ring (bicyclic) bond motifs is 1. The van der Waals surface area contributed by atoms with E-state index in [1.54, 1.807) is 0 Å². The van der Waals surface area contributed by atoms with Crippen LogP contribution in [0.15, 0.2) is 23.3 Å². The van der Waals surface area contributed by atoms with Crippen LogP contribution in [0.25, 0.3) is 0 Å². The minimum absolute atomic E-state index is 0. The number of carboxylic acids is 1. The lowest BCUT2D eigenvalue weighted by molar-refractivity contribution is -0.141. The zero-order valence-corrected chi connectivity index (χ0v) is 12.9. The summed E-state index contributed by atoms with van der Waals surface area (Å²) < 4.78 is 23.7. The average Bonchev–Trinajstić information content (AvgIpc) is 2.79. The van der Waals surface area contributed by atoms with Gasteiger partial charge in [-0.3, -0.25) is 9.59 Å². The van der Waals surface area contributed by atoms with Crippen LogP contribution in [-0.2, 0) is 19.4 Å². The van der Waals surface area contributed by atoms with E-state index in [9.17, 15) is 23.1 Å². The highest BCUT2D eigenvalue weighted by Gasteiger charge is 2.48. The third-order valence-electron chi connectivity index (χ3n) is 3.30. The number of aliphatic carboxylic acids is 1. The van der Waals surface area contributed by atoms with E-state index in [0.717, 1.165) is 17.3 Å². The summed E-state index contributed by atoms with van der Waals surface area (Å²) in [5.74, 6) is -3.06. The summed E-state index contributed by atoms with van der Waals surface area (Å²) in [5, 5.41) is 11.7. The Kier molecular flexibility index (Phi) is 4.83. The molecule has 0 saturated carbocycles. The van der Waals surface area contributed by atoms with Crippen LogP contribution in [0.4, 0.5) is 0 Å². The molecule has 2 rings (SSSR count). The summed E-state index contributed by atoms with van der Waals surface area (Å²) >= 11 is 0. The Balaban J connectivity index is 0.00000220. The first-order valence-corrected chi connectivity index (χ1v) is 7.70. The van der Waals surface area contributed by atoms with Crippen LogP contribution >= 0.6 is 12.4 Å². The smallest absolute Gasteiger partial charge is 0.316 e. The van der Waals surface area contributed by atoms with E-state index in [0.29, 0.717) is 0 Å². The topological polar surface area (TPSA) is 121 Å². The predicted octanol–water partition coefficient (Wildman–Crippen LogP) is -1.05. The lowest BCUT2D eigenvalue weighted by Gasteiger charge is -2.24. The fourth-order valence-electron chi connectivity index (χ4n) is 2.40. The highest BCUT2D eigenvalue weighted by Crippen LogP contribution is 2.35. The number of carbonyl (C=O) groups excluding carboxylic acids is 1. The van der Waals surface area contributed by atoms with Crippen LogP contribution in [0, 0.1) is 5.92 Å². The molecule has 1 amide bonds. The van der Waals surface area contributed by atoms with Crippen molar-refractivity contribution in [3.05, 3.63) is 23.3 Å². The number of hydrogen-bond donors (Lipinski definition) is 2. The molecule has 0 bridgehead atoms. The van der Waals surface area contributed by atoms with E-state index in [-0.39, 0.29) is 36.1 Å². The molecular weight excluding hydrogens is 322 g/mol. The highest BCUT2D eigenvalue weighted by molar-refractivity contribution is 7.94. The molecule has 0 radical (unpaired) electrons. The van der Waals surface area contributed by atoms with Crippen LogP contribution in [0.5, 0.6) is 0 Å². The van der Waals surface area contributed by atoms with Gasteiger partial charge in [-0.2, -0.15) is 0 Å². The maximum Gasteiger partial charge on any atom is 0.316 e. The number of amides is 1. The lowest BCUT2D eigenvalue weighted by atomic mass is 10.1. The Labute approximate surface area is 128 Å². The first-order chi connectivity index (χ1) is 9.18. The SMILES string of the molecule is C=CC(C(=O)O)C1=C(S(C)(=O)=O)CN2C[C@H](N)C(=O)N12.Cl. The van der Waals surface area contributed by atoms with Crippen LogP contribution in [0.3, 0.4) is 0 Å². The second kappa shape index (κ2) is 5.76. The number of carbonyl (C=O) groups is 2. The molecule has 1 unspecified atom stereocenters. The van der Waals surface area contributed by atoms with E-state index in [2.05, 4.69) is 6.58 Å². The van der Waals surface area contributed by atoms with E-state index >= 15 is 0 Å². The van der Waals surface area contributed by atoms with Crippen LogP contribution in [-0.4, -0.2) is 60.8 Å². The van der Waals surface area contributed by atoms with E-state index in [4.69, 9.17) is 5.73 Å². The third-order valence-corrected chi connectivity index (χ3v) is 4.53. The molecule has 10 heteroatoms. The van der Waals surface area contributed by atoms with Crippen molar-refractivity contribution in [2.24, 2.45) is 11.7 Å². The number of hydrazine groups is 1. The summed E-state index contributed by atoms with van der Waals surface area (Å²) in [6, 6.07) is -0.787. The molecule has 0 spiro atoms. The lowest BCUT2D eigenvalue weighted by Crippen LogP contribution is -2.38.